The molecule has 1 fully saturated rings. The summed E-state index contributed by atoms with van der Waals surface area (Å²) in [5.74, 6) is 0.677. The molecule has 3 nitrogen and oxygen atoms in total. The Bertz CT molecular complexity index is 716. The Morgan fingerprint density at radius 1 is 1.04 bits per heavy atom. The van der Waals surface area contributed by atoms with Crippen LogP contribution in [0.2, 0.25) is 0 Å². The topological polar surface area (TPSA) is 23.6 Å². The first-order chi connectivity index (χ1) is 13.1. The first kappa shape index (κ1) is 19.6. The minimum atomic E-state index is 0.225. The summed E-state index contributed by atoms with van der Waals surface area (Å²) in [5.41, 5.74) is 2.43. The van der Waals surface area contributed by atoms with Crippen molar-refractivity contribution in [2.75, 3.05) is 18.0 Å². The van der Waals surface area contributed by atoms with Crippen LogP contribution in [0.3, 0.4) is 0 Å². The average molecular weight is 365 g/mol. The SMILES string of the molecule is CCC(=O)N(c1ccccc1)[C@@H]1C[C@H](C)N(CCc2ccccc2)C[C@H]1C. The highest BCUT2D eigenvalue weighted by Gasteiger charge is 2.36. The van der Waals surface area contributed by atoms with Gasteiger partial charge in [0.15, 0.2) is 0 Å². The maximum absolute atomic E-state index is 12.8. The maximum atomic E-state index is 12.8. The normalized spacial score (nSPS) is 23.1. The Morgan fingerprint density at radius 3 is 2.30 bits per heavy atom. The van der Waals surface area contributed by atoms with Crippen molar-refractivity contribution >= 4 is 11.6 Å². The number of anilines is 1. The smallest absolute Gasteiger partial charge is 0.226 e. The number of nitrogens with zero attached hydrogens (tertiary/aromatic N) is 2. The molecule has 0 bridgehead atoms. The van der Waals surface area contributed by atoms with Crippen molar-refractivity contribution in [1.29, 1.82) is 0 Å². The van der Waals surface area contributed by atoms with Gasteiger partial charge in [-0.15, -0.1) is 0 Å². The lowest BCUT2D eigenvalue weighted by Crippen LogP contribution is -2.55. The molecule has 1 amide bonds. The monoisotopic (exact) mass is 364 g/mol. The molecule has 1 saturated heterocycles. The fourth-order valence-corrected chi connectivity index (χ4v) is 4.27. The Morgan fingerprint density at radius 2 is 1.67 bits per heavy atom. The number of hydrogen-bond donors (Lipinski definition) is 0. The van der Waals surface area contributed by atoms with E-state index in [0.717, 1.165) is 31.6 Å². The number of carbonyl (C=O) groups excluding carboxylic acids is 1. The second-order valence-corrected chi connectivity index (χ2v) is 7.81. The van der Waals surface area contributed by atoms with Crippen LogP contribution in [-0.2, 0) is 11.2 Å². The summed E-state index contributed by atoms with van der Waals surface area (Å²) in [7, 11) is 0. The van der Waals surface area contributed by atoms with Crippen molar-refractivity contribution in [2.45, 2.75) is 52.1 Å². The summed E-state index contributed by atoms with van der Waals surface area (Å²) in [5, 5.41) is 0. The molecule has 144 valence electrons. The van der Waals surface area contributed by atoms with Gasteiger partial charge >= 0.3 is 0 Å². The van der Waals surface area contributed by atoms with Gasteiger partial charge in [-0.2, -0.15) is 0 Å². The molecule has 3 rings (SSSR count). The molecule has 1 aliphatic rings. The minimum Gasteiger partial charge on any atom is -0.309 e. The molecule has 3 heteroatoms. The van der Waals surface area contributed by atoms with E-state index in [1.807, 2.05) is 25.1 Å². The van der Waals surface area contributed by atoms with Crippen molar-refractivity contribution < 1.29 is 4.79 Å². The summed E-state index contributed by atoms with van der Waals surface area (Å²) in [4.78, 5) is 17.4. The lowest BCUT2D eigenvalue weighted by Gasteiger charge is -2.46. The number of para-hydroxylation sites is 1. The molecular weight excluding hydrogens is 332 g/mol. The van der Waals surface area contributed by atoms with E-state index < -0.39 is 0 Å². The van der Waals surface area contributed by atoms with E-state index >= 15 is 0 Å². The van der Waals surface area contributed by atoms with Gasteiger partial charge in [-0.05, 0) is 43.4 Å². The van der Waals surface area contributed by atoms with E-state index in [4.69, 9.17) is 0 Å². The first-order valence-electron chi connectivity index (χ1n) is 10.2. The molecule has 2 aromatic carbocycles. The molecule has 27 heavy (non-hydrogen) atoms. The molecule has 0 saturated carbocycles. The van der Waals surface area contributed by atoms with Gasteiger partial charge in [-0.1, -0.05) is 62.4 Å². The number of hydrogen-bond acceptors (Lipinski definition) is 2. The van der Waals surface area contributed by atoms with E-state index in [1.165, 1.54) is 5.56 Å². The van der Waals surface area contributed by atoms with E-state index in [1.54, 1.807) is 0 Å². The van der Waals surface area contributed by atoms with Gasteiger partial charge in [0, 0.05) is 37.3 Å². The molecular formula is C24H32N2O. The fraction of sp³-hybridized carbons (Fsp3) is 0.458. The third kappa shape index (κ3) is 4.78. The van der Waals surface area contributed by atoms with Crippen LogP contribution < -0.4 is 4.90 Å². The molecule has 1 heterocycles. The minimum absolute atomic E-state index is 0.225. The van der Waals surface area contributed by atoms with Gasteiger partial charge in [0.2, 0.25) is 5.91 Å². The van der Waals surface area contributed by atoms with E-state index in [-0.39, 0.29) is 11.9 Å². The Kier molecular flexibility index (Phi) is 6.68. The highest BCUT2D eigenvalue weighted by atomic mass is 16.2. The molecule has 3 atom stereocenters. The molecule has 1 aliphatic heterocycles. The van der Waals surface area contributed by atoms with Crippen molar-refractivity contribution in [3.8, 4) is 0 Å². The van der Waals surface area contributed by atoms with Crippen LogP contribution in [0.4, 0.5) is 5.69 Å². The lowest BCUT2D eigenvalue weighted by molar-refractivity contribution is -0.119. The van der Waals surface area contributed by atoms with E-state index in [9.17, 15) is 4.79 Å². The Labute approximate surface area is 164 Å². The first-order valence-corrected chi connectivity index (χ1v) is 10.2. The van der Waals surface area contributed by atoms with Crippen molar-refractivity contribution in [3.05, 3.63) is 66.2 Å². The average Bonchev–Trinajstić information content (AvgIpc) is 2.71. The zero-order chi connectivity index (χ0) is 19.2. The number of carbonyl (C=O) groups is 1. The number of rotatable bonds is 6. The summed E-state index contributed by atoms with van der Waals surface area (Å²) < 4.78 is 0. The third-order valence-electron chi connectivity index (χ3n) is 5.85. The van der Waals surface area contributed by atoms with Crippen LogP contribution in [0.1, 0.15) is 39.2 Å². The summed E-state index contributed by atoms with van der Waals surface area (Å²) >= 11 is 0. The molecule has 0 N–H and O–H groups in total. The Balaban J connectivity index is 1.70. The van der Waals surface area contributed by atoms with Crippen LogP contribution in [0.15, 0.2) is 60.7 Å². The molecule has 0 spiro atoms. The summed E-state index contributed by atoms with van der Waals surface area (Å²) in [6.45, 7) is 8.68. The van der Waals surface area contributed by atoms with Gasteiger partial charge < -0.3 is 4.90 Å². The van der Waals surface area contributed by atoms with Gasteiger partial charge in [0.05, 0.1) is 0 Å². The molecule has 0 unspecified atom stereocenters. The second kappa shape index (κ2) is 9.18. The predicted octanol–water partition coefficient (Wildman–Crippen LogP) is 4.77. The molecule has 0 radical (unpaired) electrons. The van der Waals surface area contributed by atoms with Gasteiger partial charge in [-0.25, -0.2) is 0 Å². The van der Waals surface area contributed by atoms with Crippen LogP contribution >= 0.6 is 0 Å². The van der Waals surface area contributed by atoms with Crippen molar-refractivity contribution in [3.63, 3.8) is 0 Å². The van der Waals surface area contributed by atoms with Crippen molar-refractivity contribution in [2.24, 2.45) is 5.92 Å². The predicted molar refractivity (Wildman–Crippen MR) is 113 cm³/mol. The molecule has 2 aromatic rings. The zero-order valence-electron chi connectivity index (χ0n) is 16.8. The quantitative estimate of drug-likeness (QED) is 0.737. The van der Waals surface area contributed by atoms with Crippen LogP contribution in [0, 0.1) is 5.92 Å². The lowest BCUT2D eigenvalue weighted by atomic mass is 9.87. The number of amides is 1. The Hall–Kier alpha value is -2.13. The number of likely N-dealkylation sites (tertiary alicyclic amines) is 1. The summed E-state index contributed by atoms with van der Waals surface area (Å²) in [6.07, 6.45) is 2.65. The van der Waals surface area contributed by atoms with Gasteiger partial charge in [0.25, 0.3) is 0 Å². The van der Waals surface area contributed by atoms with Gasteiger partial charge in [0.1, 0.15) is 0 Å². The largest absolute Gasteiger partial charge is 0.309 e. The maximum Gasteiger partial charge on any atom is 0.226 e. The highest BCUT2D eigenvalue weighted by Crippen LogP contribution is 2.30. The van der Waals surface area contributed by atoms with Gasteiger partial charge in [-0.3, -0.25) is 9.69 Å². The number of piperidine rings is 1. The molecule has 0 aromatic heterocycles. The van der Waals surface area contributed by atoms with Crippen molar-refractivity contribution in [1.82, 2.24) is 4.90 Å². The molecule has 0 aliphatic carbocycles. The van der Waals surface area contributed by atoms with Crippen LogP contribution in [0.5, 0.6) is 0 Å². The summed E-state index contributed by atoms with van der Waals surface area (Å²) in [6, 6.07) is 21.6. The van der Waals surface area contributed by atoms with Crippen LogP contribution in [0.25, 0.3) is 0 Å². The fourth-order valence-electron chi connectivity index (χ4n) is 4.27. The number of benzene rings is 2. The third-order valence-corrected chi connectivity index (χ3v) is 5.85. The van der Waals surface area contributed by atoms with E-state index in [0.29, 0.717) is 18.4 Å². The highest BCUT2D eigenvalue weighted by molar-refractivity contribution is 5.93. The second-order valence-electron chi connectivity index (χ2n) is 7.81. The van der Waals surface area contributed by atoms with E-state index in [2.05, 4.69) is 66.1 Å². The van der Waals surface area contributed by atoms with Crippen LogP contribution in [-0.4, -0.2) is 36.0 Å². The standard InChI is InChI=1S/C24H32N2O/c1-4-24(27)26(22-13-9-6-10-14-22)23-17-20(3)25(18-19(23)2)16-15-21-11-7-5-8-12-21/h5-14,19-20,23H,4,15-18H2,1-3H3/t19-,20+,23-/m1/s1. The zero-order valence-corrected chi connectivity index (χ0v) is 16.8.